The van der Waals surface area contributed by atoms with E-state index in [9.17, 15) is 9.18 Å². The lowest BCUT2D eigenvalue weighted by Gasteiger charge is -2.01. The van der Waals surface area contributed by atoms with Crippen LogP contribution in [0.5, 0.6) is 0 Å². The highest BCUT2D eigenvalue weighted by Crippen LogP contribution is 2.31. The standard InChI is InChI=1S/C16H14ClFOS/c17-11-6-7-12(13(18)9-11)16(19)15-8-10-4-2-1-3-5-14(10)20-15/h6-9H,1-5H2. The Morgan fingerprint density at radius 3 is 2.75 bits per heavy atom. The first-order valence-corrected chi connectivity index (χ1v) is 7.96. The Morgan fingerprint density at radius 2 is 1.95 bits per heavy atom. The summed E-state index contributed by atoms with van der Waals surface area (Å²) < 4.78 is 13.8. The molecule has 0 saturated heterocycles. The van der Waals surface area contributed by atoms with Crippen molar-refractivity contribution in [2.45, 2.75) is 32.1 Å². The molecule has 0 radical (unpaired) electrons. The van der Waals surface area contributed by atoms with E-state index in [1.54, 1.807) is 6.07 Å². The molecule has 3 rings (SSSR count). The number of benzene rings is 1. The molecular formula is C16H14ClFOS. The van der Waals surface area contributed by atoms with Crippen LogP contribution in [-0.2, 0) is 12.8 Å². The fraction of sp³-hybridized carbons (Fsp3) is 0.312. The highest BCUT2D eigenvalue weighted by atomic mass is 35.5. The van der Waals surface area contributed by atoms with Crippen LogP contribution in [0.1, 0.15) is 44.9 Å². The average Bonchev–Trinajstić information content (AvgIpc) is 2.69. The first-order chi connectivity index (χ1) is 9.65. The lowest BCUT2D eigenvalue weighted by Crippen LogP contribution is -2.02. The SMILES string of the molecule is O=C(c1cc2c(s1)CCCCC2)c1ccc(Cl)cc1F. The predicted octanol–water partition coefficient (Wildman–Crippen LogP) is 5.04. The monoisotopic (exact) mass is 308 g/mol. The van der Waals surface area contributed by atoms with E-state index >= 15 is 0 Å². The maximum absolute atomic E-state index is 13.8. The van der Waals surface area contributed by atoms with Crippen molar-refractivity contribution in [1.29, 1.82) is 0 Å². The Morgan fingerprint density at radius 1 is 1.15 bits per heavy atom. The number of fused-ring (bicyclic) bond motifs is 1. The van der Waals surface area contributed by atoms with Crippen molar-refractivity contribution in [3.63, 3.8) is 0 Å². The van der Waals surface area contributed by atoms with E-state index in [-0.39, 0.29) is 11.3 Å². The van der Waals surface area contributed by atoms with Gasteiger partial charge in [-0.3, -0.25) is 4.79 Å². The number of hydrogen-bond donors (Lipinski definition) is 0. The average molecular weight is 309 g/mol. The summed E-state index contributed by atoms with van der Waals surface area (Å²) >= 11 is 7.23. The normalized spacial score (nSPS) is 14.7. The third-order valence-corrected chi connectivity index (χ3v) is 5.12. The lowest BCUT2D eigenvalue weighted by atomic mass is 10.1. The van der Waals surface area contributed by atoms with Crippen LogP contribution in [0.2, 0.25) is 5.02 Å². The van der Waals surface area contributed by atoms with Crippen molar-refractivity contribution >= 4 is 28.7 Å². The molecule has 1 aliphatic carbocycles. The van der Waals surface area contributed by atoms with Gasteiger partial charge < -0.3 is 0 Å². The van der Waals surface area contributed by atoms with Gasteiger partial charge in [0.25, 0.3) is 0 Å². The van der Waals surface area contributed by atoms with Crippen LogP contribution in [0.25, 0.3) is 0 Å². The molecule has 1 heterocycles. The molecule has 104 valence electrons. The quantitative estimate of drug-likeness (QED) is 0.561. The molecule has 1 aromatic heterocycles. The van der Waals surface area contributed by atoms with Gasteiger partial charge in [0.1, 0.15) is 5.82 Å². The minimum atomic E-state index is -0.550. The Balaban J connectivity index is 1.94. The van der Waals surface area contributed by atoms with Crippen molar-refractivity contribution in [3.05, 3.63) is 56.0 Å². The van der Waals surface area contributed by atoms with Crippen molar-refractivity contribution in [2.75, 3.05) is 0 Å². The predicted molar refractivity (Wildman–Crippen MR) is 80.4 cm³/mol. The zero-order valence-corrected chi connectivity index (χ0v) is 12.5. The Hall–Kier alpha value is -1.19. The van der Waals surface area contributed by atoms with Gasteiger partial charge in [-0.15, -0.1) is 11.3 Å². The van der Waals surface area contributed by atoms with Gasteiger partial charge in [0, 0.05) is 9.90 Å². The zero-order chi connectivity index (χ0) is 14.1. The largest absolute Gasteiger partial charge is 0.288 e. The second kappa shape index (κ2) is 5.66. The number of hydrogen-bond acceptors (Lipinski definition) is 2. The van der Waals surface area contributed by atoms with Crippen molar-refractivity contribution in [1.82, 2.24) is 0 Å². The molecule has 0 atom stereocenters. The van der Waals surface area contributed by atoms with Crippen LogP contribution in [0.3, 0.4) is 0 Å². The number of halogens is 2. The van der Waals surface area contributed by atoms with Gasteiger partial charge in [-0.1, -0.05) is 18.0 Å². The molecule has 0 saturated carbocycles. The summed E-state index contributed by atoms with van der Waals surface area (Å²) in [5.41, 5.74) is 1.37. The molecule has 0 spiro atoms. The molecule has 0 unspecified atom stereocenters. The summed E-state index contributed by atoms with van der Waals surface area (Å²) in [4.78, 5) is 14.3. The summed E-state index contributed by atoms with van der Waals surface area (Å²) in [5, 5.41) is 0.306. The summed E-state index contributed by atoms with van der Waals surface area (Å²) in [6.07, 6.45) is 5.66. The van der Waals surface area contributed by atoms with Gasteiger partial charge in [0.05, 0.1) is 10.4 Å². The van der Waals surface area contributed by atoms with Crippen molar-refractivity contribution in [3.8, 4) is 0 Å². The maximum Gasteiger partial charge on any atom is 0.205 e. The first-order valence-electron chi connectivity index (χ1n) is 6.76. The lowest BCUT2D eigenvalue weighted by molar-refractivity contribution is 0.103. The van der Waals surface area contributed by atoms with Crippen LogP contribution in [0.4, 0.5) is 4.39 Å². The molecule has 1 aromatic carbocycles. The third kappa shape index (κ3) is 2.65. The second-order valence-electron chi connectivity index (χ2n) is 5.07. The summed E-state index contributed by atoms with van der Waals surface area (Å²) in [7, 11) is 0. The van der Waals surface area contributed by atoms with Gasteiger partial charge in [-0.05, 0) is 55.5 Å². The molecule has 0 amide bonds. The van der Waals surface area contributed by atoms with Crippen LogP contribution in [-0.4, -0.2) is 5.78 Å². The van der Waals surface area contributed by atoms with E-state index < -0.39 is 5.82 Å². The van der Waals surface area contributed by atoms with Crippen LogP contribution >= 0.6 is 22.9 Å². The van der Waals surface area contributed by atoms with Gasteiger partial charge in [0.2, 0.25) is 5.78 Å². The van der Waals surface area contributed by atoms with E-state index in [2.05, 4.69) is 0 Å². The Bertz CT molecular complexity index is 639. The summed E-state index contributed by atoms with van der Waals surface area (Å²) in [5.74, 6) is -0.789. The van der Waals surface area contributed by atoms with Gasteiger partial charge in [-0.25, -0.2) is 4.39 Å². The van der Waals surface area contributed by atoms with Crippen LogP contribution in [0, 0.1) is 5.82 Å². The molecule has 1 nitrogen and oxygen atoms in total. The molecule has 1 aliphatic rings. The third-order valence-electron chi connectivity index (χ3n) is 3.65. The molecule has 0 aliphatic heterocycles. The molecule has 0 fully saturated rings. The molecule has 2 aromatic rings. The summed E-state index contributed by atoms with van der Waals surface area (Å²) in [6.45, 7) is 0. The molecule has 20 heavy (non-hydrogen) atoms. The maximum atomic E-state index is 13.8. The molecule has 0 bridgehead atoms. The minimum Gasteiger partial charge on any atom is -0.288 e. The van der Waals surface area contributed by atoms with Crippen molar-refractivity contribution in [2.24, 2.45) is 0 Å². The van der Waals surface area contributed by atoms with E-state index in [1.807, 2.05) is 6.07 Å². The number of thiophene rings is 1. The fourth-order valence-electron chi connectivity index (χ4n) is 2.59. The highest BCUT2D eigenvalue weighted by Gasteiger charge is 2.20. The second-order valence-corrected chi connectivity index (χ2v) is 6.65. The molecule has 4 heteroatoms. The zero-order valence-electron chi connectivity index (χ0n) is 10.9. The van der Waals surface area contributed by atoms with E-state index in [1.165, 1.54) is 53.2 Å². The van der Waals surface area contributed by atoms with Crippen molar-refractivity contribution < 1.29 is 9.18 Å². The first kappa shape index (κ1) is 13.8. The molecule has 0 N–H and O–H groups in total. The van der Waals surface area contributed by atoms with Gasteiger partial charge in [0.15, 0.2) is 0 Å². The van der Waals surface area contributed by atoms with E-state index in [0.717, 1.165) is 12.8 Å². The number of ketones is 1. The topological polar surface area (TPSA) is 17.1 Å². The number of carbonyl (C=O) groups is 1. The Kier molecular flexibility index (Phi) is 3.90. The number of carbonyl (C=O) groups excluding carboxylic acids is 1. The summed E-state index contributed by atoms with van der Waals surface area (Å²) in [6, 6.07) is 6.15. The fourth-order valence-corrected chi connectivity index (χ4v) is 3.95. The molecular weight excluding hydrogens is 295 g/mol. The highest BCUT2D eigenvalue weighted by molar-refractivity contribution is 7.14. The van der Waals surface area contributed by atoms with Crippen LogP contribution in [0.15, 0.2) is 24.3 Å². The van der Waals surface area contributed by atoms with Gasteiger partial charge >= 0.3 is 0 Å². The number of aryl methyl sites for hydroxylation is 2. The number of rotatable bonds is 2. The Labute approximate surface area is 126 Å². The van der Waals surface area contributed by atoms with E-state index in [4.69, 9.17) is 11.6 Å². The smallest absolute Gasteiger partial charge is 0.205 e. The minimum absolute atomic E-state index is 0.103. The van der Waals surface area contributed by atoms with Crippen LogP contribution < -0.4 is 0 Å². The van der Waals surface area contributed by atoms with E-state index in [0.29, 0.717) is 9.90 Å². The van der Waals surface area contributed by atoms with Gasteiger partial charge in [-0.2, -0.15) is 0 Å².